The maximum absolute atomic E-state index is 13.2. The zero-order chi connectivity index (χ0) is 21.6. The zero-order valence-electron chi connectivity index (χ0n) is 15.7. The number of halogens is 3. The van der Waals surface area contributed by atoms with Crippen molar-refractivity contribution in [3.8, 4) is 11.1 Å². The molecule has 0 saturated heterocycles. The van der Waals surface area contributed by atoms with Gasteiger partial charge in [-0.3, -0.25) is 24.2 Å². The summed E-state index contributed by atoms with van der Waals surface area (Å²) in [5.74, 6) is -1.28. The van der Waals surface area contributed by atoms with Crippen molar-refractivity contribution in [1.82, 2.24) is 19.7 Å². The molecular formula is C20H16F3N5O2. The molecule has 1 aromatic carbocycles. The van der Waals surface area contributed by atoms with E-state index < -0.39 is 30.1 Å². The largest absolute Gasteiger partial charge is 0.406 e. The number of pyridine rings is 2. The van der Waals surface area contributed by atoms with Crippen LogP contribution in [0.1, 0.15) is 18.5 Å². The number of hydrogen-bond acceptors (Lipinski definition) is 4. The Morgan fingerprint density at radius 2 is 2.03 bits per heavy atom. The molecule has 3 aromatic heterocycles. The van der Waals surface area contributed by atoms with Crippen LogP contribution in [0.3, 0.4) is 0 Å². The van der Waals surface area contributed by atoms with E-state index in [-0.39, 0.29) is 10.9 Å². The Morgan fingerprint density at radius 1 is 1.27 bits per heavy atom. The van der Waals surface area contributed by atoms with E-state index in [4.69, 9.17) is 5.73 Å². The van der Waals surface area contributed by atoms with Gasteiger partial charge in [-0.1, -0.05) is 18.2 Å². The molecule has 3 heterocycles. The number of carbonyl (C=O) groups excluding carboxylic acids is 1. The second kappa shape index (κ2) is 6.97. The highest BCUT2D eigenvalue weighted by atomic mass is 19.4. The van der Waals surface area contributed by atoms with Gasteiger partial charge in [0.25, 0.3) is 5.56 Å². The number of H-pyrrole nitrogens is 1. The summed E-state index contributed by atoms with van der Waals surface area (Å²) < 4.78 is 40.3. The summed E-state index contributed by atoms with van der Waals surface area (Å²) >= 11 is 0. The van der Waals surface area contributed by atoms with E-state index in [0.717, 1.165) is 0 Å². The number of amides is 1. The van der Waals surface area contributed by atoms with Crippen LogP contribution in [-0.4, -0.2) is 31.8 Å². The number of aromatic nitrogens is 4. The van der Waals surface area contributed by atoms with Gasteiger partial charge in [0.05, 0.1) is 34.2 Å². The summed E-state index contributed by atoms with van der Waals surface area (Å²) in [6.45, 7) is 0.160. The molecule has 0 aliphatic heterocycles. The molecular weight excluding hydrogens is 399 g/mol. The third kappa shape index (κ3) is 3.30. The SMILES string of the molecule is CC(C(N)=O)c1ncccc1-c1ccc2c3[nH]ncc3c(=O)n(CC(F)(F)F)c2c1. The zero-order valence-corrected chi connectivity index (χ0v) is 15.7. The van der Waals surface area contributed by atoms with Gasteiger partial charge in [0, 0.05) is 17.1 Å². The number of primary amides is 1. The summed E-state index contributed by atoms with van der Waals surface area (Å²) in [6.07, 6.45) is -1.87. The van der Waals surface area contributed by atoms with Crippen LogP contribution in [0, 0.1) is 0 Å². The maximum atomic E-state index is 13.2. The lowest BCUT2D eigenvalue weighted by Gasteiger charge is -2.16. The Bertz CT molecular complexity index is 1340. The molecule has 0 spiro atoms. The summed E-state index contributed by atoms with van der Waals surface area (Å²) in [4.78, 5) is 28.6. The molecule has 0 bridgehead atoms. The number of alkyl halides is 3. The van der Waals surface area contributed by atoms with Gasteiger partial charge >= 0.3 is 6.18 Å². The number of hydrogen-bond donors (Lipinski definition) is 2. The van der Waals surface area contributed by atoms with Crippen LogP contribution in [0.25, 0.3) is 32.9 Å². The Morgan fingerprint density at radius 3 is 2.73 bits per heavy atom. The number of rotatable bonds is 4. The minimum atomic E-state index is -4.59. The lowest BCUT2D eigenvalue weighted by Crippen LogP contribution is -2.28. The van der Waals surface area contributed by atoms with Crippen molar-refractivity contribution in [2.45, 2.75) is 25.6 Å². The van der Waals surface area contributed by atoms with Crippen molar-refractivity contribution in [2.24, 2.45) is 5.73 Å². The average Bonchev–Trinajstić information content (AvgIpc) is 3.19. The molecule has 3 N–H and O–H groups in total. The van der Waals surface area contributed by atoms with Gasteiger partial charge in [0.2, 0.25) is 5.91 Å². The van der Waals surface area contributed by atoms with Gasteiger partial charge in [-0.05, 0) is 24.6 Å². The highest BCUT2D eigenvalue weighted by Crippen LogP contribution is 2.32. The molecule has 0 aliphatic rings. The van der Waals surface area contributed by atoms with Gasteiger partial charge in [-0.25, -0.2) is 0 Å². The monoisotopic (exact) mass is 415 g/mol. The number of nitrogens with two attached hydrogens (primary N) is 1. The van der Waals surface area contributed by atoms with Crippen molar-refractivity contribution < 1.29 is 18.0 Å². The van der Waals surface area contributed by atoms with Gasteiger partial charge in [-0.2, -0.15) is 18.3 Å². The van der Waals surface area contributed by atoms with Crippen LogP contribution in [-0.2, 0) is 11.3 Å². The normalized spacial score (nSPS) is 13.1. The van der Waals surface area contributed by atoms with Crippen LogP contribution in [0.2, 0.25) is 0 Å². The van der Waals surface area contributed by atoms with E-state index in [1.807, 2.05) is 0 Å². The first-order valence-electron chi connectivity index (χ1n) is 8.98. The summed E-state index contributed by atoms with van der Waals surface area (Å²) in [5.41, 5.74) is 6.51. The fourth-order valence-corrected chi connectivity index (χ4v) is 3.52. The first-order chi connectivity index (χ1) is 14.2. The second-order valence-electron chi connectivity index (χ2n) is 6.96. The number of fused-ring (bicyclic) bond motifs is 3. The Balaban J connectivity index is 2.02. The van der Waals surface area contributed by atoms with Crippen LogP contribution in [0.5, 0.6) is 0 Å². The van der Waals surface area contributed by atoms with E-state index in [9.17, 15) is 22.8 Å². The second-order valence-corrected chi connectivity index (χ2v) is 6.96. The van der Waals surface area contributed by atoms with Crippen LogP contribution in [0.4, 0.5) is 13.2 Å². The smallest absolute Gasteiger partial charge is 0.369 e. The van der Waals surface area contributed by atoms with Crippen molar-refractivity contribution in [1.29, 1.82) is 0 Å². The topological polar surface area (TPSA) is 107 Å². The van der Waals surface area contributed by atoms with E-state index >= 15 is 0 Å². The van der Waals surface area contributed by atoms with Gasteiger partial charge in [0.15, 0.2) is 0 Å². The number of carbonyl (C=O) groups is 1. The maximum Gasteiger partial charge on any atom is 0.406 e. The molecule has 0 radical (unpaired) electrons. The van der Waals surface area contributed by atoms with Gasteiger partial charge < -0.3 is 5.73 Å². The Hall–Kier alpha value is -3.69. The van der Waals surface area contributed by atoms with Crippen LogP contribution < -0.4 is 11.3 Å². The Kier molecular flexibility index (Phi) is 4.56. The van der Waals surface area contributed by atoms with E-state index in [1.54, 1.807) is 31.2 Å². The lowest BCUT2D eigenvalue weighted by molar-refractivity contribution is -0.140. The molecule has 0 aliphatic carbocycles. The standard InChI is InChI=1S/C20H16F3N5O2/c1-10(18(24)29)16-12(3-2-6-25-16)11-4-5-13-15(7-11)28(9-20(21,22)23)19(30)14-8-26-27-17(13)14/h2-8,10H,9H2,1H3,(H2,24,29)(H,26,27). The fourth-order valence-electron chi connectivity index (χ4n) is 3.52. The third-order valence-electron chi connectivity index (χ3n) is 5.00. The minimum Gasteiger partial charge on any atom is -0.369 e. The summed E-state index contributed by atoms with van der Waals surface area (Å²) in [6, 6.07) is 8.14. The predicted octanol–water partition coefficient (Wildman–Crippen LogP) is 3.09. The third-order valence-corrected chi connectivity index (χ3v) is 5.00. The number of nitrogens with one attached hydrogen (secondary N) is 1. The van der Waals surface area contributed by atoms with Crippen molar-refractivity contribution in [3.05, 3.63) is 58.8 Å². The molecule has 0 fully saturated rings. The van der Waals surface area contributed by atoms with Crippen molar-refractivity contribution in [3.63, 3.8) is 0 Å². The average molecular weight is 415 g/mol. The predicted molar refractivity (Wildman–Crippen MR) is 105 cm³/mol. The van der Waals surface area contributed by atoms with Crippen LogP contribution >= 0.6 is 0 Å². The molecule has 4 rings (SSSR count). The molecule has 10 heteroatoms. The van der Waals surface area contributed by atoms with Crippen molar-refractivity contribution in [2.75, 3.05) is 0 Å². The molecule has 1 unspecified atom stereocenters. The Labute approximate surface area is 167 Å². The molecule has 4 aromatic rings. The highest BCUT2D eigenvalue weighted by Gasteiger charge is 2.30. The summed E-state index contributed by atoms with van der Waals surface area (Å²) in [7, 11) is 0. The lowest BCUT2D eigenvalue weighted by atomic mass is 9.95. The number of benzene rings is 1. The molecule has 7 nitrogen and oxygen atoms in total. The van der Waals surface area contributed by atoms with Crippen LogP contribution in [0.15, 0.2) is 47.5 Å². The molecule has 0 saturated carbocycles. The van der Waals surface area contributed by atoms with E-state index in [0.29, 0.717) is 32.3 Å². The first kappa shape index (κ1) is 19.6. The minimum absolute atomic E-state index is 0.0731. The van der Waals surface area contributed by atoms with Gasteiger partial charge in [0.1, 0.15) is 6.54 Å². The highest BCUT2D eigenvalue weighted by molar-refractivity contribution is 6.04. The summed E-state index contributed by atoms with van der Waals surface area (Å²) in [5, 5.41) is 6.98. The molecule has 1 atom stereocenters. The van der Waals surface area contributed by atoms with Gasteiger partial charge in [-0.15, -0.1) is 0 Å². The molecule has 1 amide bonds. The van der Waals surface area contributed by atoms with E-state index in [1.165, 1.54) is 18.5 Å². The molecule has 30 heavy (non-hydrogen) atoms. The quantitative estimate of drug-likeness (QED) is 0.534. The first-order valence-corrected chi connectivity index (χ1v) is 8.98. The fraction of sp³-hybridized carbons (Fsp3) is 0.200. The molecule has 154 valence electrons. The number of nitrogens with zero attached hydrogens (tertiary/aromatic N) is 3. The number of aromatic amines is 1. The van der Waals surface area contributed by atoms with E-state index in [2.05, 4.69) is 15.2 Å². The van der Waals surface area contributed by atoms with Crippen molar-refractivity contribution >= 4 is 27.7 Å².